The van der Waals surface area contributed by atoms with Crippen LogP contribution in [0.3, 0.4) is 0 Å². The van der Waals surface area contributed by atoms with Crippen LogP contribution in [0.4, 0.5) is 0 Å². The van der Waals surface area contributed by atoms with Gasteiger partial charge in [0.05, 0.1) is 5.25 Å². The first-order valence-corrected chi connectivity index (χ1v) is 9.24. The number of aryl methyl sites for hydroxylation is 2. The zero-order chi connectivity index (χ0) is 17.8. The van der Waals surface area contributed by atoms with E-state index in [4.69, 9.17) is 0 Å². The van der Waals surface area contributed by atoms with Crippen LogP contribution in [0.25, 0.3) is 11.4 Å². The summed E-state index contributed by atoms with van der Waals surface area (Å²) in [5, 5.41) is 7.54. The van der Waals surface area contributed by atoms with Crippen molar-refractivity contribution in [2.45, 2.75) is 37.6 Å². The highest BCUT2D eigenvalue weighted by Gasteiger charge is 2.19. The summed E-state index contributed by atoms with van der Waals surface area (Å²) in [6.45, 7) is 6.03. The van der Waals surface area contributed by atoms with Gasteiger partial charge < -0.3 is 0 Å². The van der Waals surface area contributed by atoms with Crippen molar-refractivity contribution in [3.63, 3.8) is 0 Å². The van der Waals surface area contributed by atoms with Gasteiger partial charge in [0.2, 0.25) is 5.16 Å². The molecule has 4 nitrogen and oxygen atoms in total. The number of hydrogen-bond donors (Lipinski definition) is 1. The number of ketones is 1. The van der Waals surface area contributed by atoms with Crippen LogP contribution in [-0.4, -0.2) is 26.2 Å². The Morgan fingerprint density at radius 3 is 2.44 bits per heavy atom. The molecule has 1 heterocycles. The second kappa shape index (κ2) is 7.66. The van der Waals surface area contributed by atoms with Crippen molar-refractivity contribution in [2.24, 2.45) is 0 Å². The molecule has 3 aromatic rings. The number of nitrogens with one attached hydrogen (secondary N) is 1. The maximum absolute atomic E-state index is 12.5. The van der Waals surface area contributed by atoms with Gasteiger partial charge >= 0.3 is 0 Å². The number of hydrogen-bond acceptors (Lipinski definition) is 4. The second-order valence-electron chi connectivity index (χ2n) is 6.01. The van der Waals surface area contributed by atoms with Crippen LogP contribution < -0.4 is 0 Å². The first kappa shape index (κ1) is 17.4. The van der Waals surface area contributed by atoms with E-state index < -0.39 is 0 Å². The highest BCUT2D eigenvalue weighted by molar-refractivity contribution is 8.00. The first-order chi connectivity index (χ1) is 12.1. The van der Waals surface area contributed by atoms with Crippen molar-refractivity contribution in [3.05, 3.63) is 65.2 Å². The molecule has 0 saturated carbocycles. The van der Waals surface area contributed by atoms with Gasteiger partial charge in [-0.15, -0.1) is 5.10 Å². The summed E-state index contributed by atoms with van der Waals surface area (Å²) in [5.74, 6) is 0.809. The number of carbonyl (C=O) groups excluding carboxylic acids is 1. The van der Waals surface area contributed by atoms with Gasteiger partial charge in [0.1, 0.15) is 0 Å². The molecule has 0 radical (unpaired) electrons. The number of H-pyrrole nitrogens is 1. The molecule has 0 spiro atoms. The summed E-state index contributed by atoms with van der Waals surface area (Å²) in [7, 11) is 0. The molecule has 0 aliphatic carbocycles. The predicted molar refractivity (Wildman–Crippen MR) is 102 cm³/mol. The quantitative estimate of drug-likeness (QED) is 0.516. The topological polar surface area (TPSA) is 58.6 Å². The average molecular weight is 351 g/mol. The average Bonchev–Trinajstić information content (AvgIpc) is 3.10. The molecule has 3 rings (SSSR count). The molecule has 1 aromatic heterocycles. The third-order valence-electron chi connectivity index (χ3n) is 4.09. The lowest BCUT2D eigenvalue weighted by atomic mass is 10.1. The molecule has 0 aliphatic rings. The standard InChI is InChI=1S/C20H21N3OS/c1-4-15-7-11-17(12-8-15)19-21-20(23-22-19)25-14(3)18(24)16-9-5-13(2)6-10-16/h5-12,14H,4H2,1-3H3,(H,21,22,23). The van der Waals surface area contributed by atoms with E-state index in [1.165, 1.54) is 17.3 Å². The zero-order valence-electron chi connectivity index (χ0n) is 14.6. The first-order valence-electron chi connectivity index (χ1n) is 8.36. The summed E-state index contributed by atoms with van der Waals surface area (Å²) < 4.78 is 0. The molecule has 0 fully saturated rings. The Morgan fingerprint density at radius 1 is 1.12 bits per heavy atom. The molecule has 1 unspecified atom stereocenters. The van der Waals surface area contributed by atoms with E-state index in [1.807, 2.05) is 50.2 Å². The Hall–Kier alpha value is -2.40. The van der Waals surface area contributed by atoms with Crippen LogP contribution in [0.2, 0.25) is 0 Å². The van der Waals surface area contributed by atoms with Crippen LogP contribution in [0.1, 0.15) is 35.3 Å². The Balaban J connectivity index is 1.69. The normalized spacial score (nSPS) is 12.1. The number of benzene rings is 2. The molecule has 0 amide bonds. The van der Waals surface area contributed by atoms with Gasteiger partial charge in [-0.05, 0) is 25.8 Å². The molecule has 2 aromatic carbocycles. The van der Waals surface area contributed by atoms with Crippen LogP contribution >= 0.6 is 11.8 Å². The monoisotopic (exact) mass is 351 g/mol. The van der Waals surface area contributed by atoms with Crippen LogP contribution in [0.5, 0.6) is 0 Å². The van der Waals surface area contributed by atoms with Crippen LogP contribution in [0.15, 0.2) is 53.7 Å². The second-order valence-corrected chi connectivity index (χ2v) is 7.32. The summed E-state index contributed by atoms with van der Waals surface area (Å²) >= 11 is 1.37. The number of nitrogens with zero attached hydrogens (tertiary/aromatic N) is 2. The minimum Gasteiger partial charge on any atom is -0.293 e. The summed E-state index contributed by atoms with van der Waals surface area (Å²) in [6, 6.07) is 15.9. The molecule has 1 atom stereocenters. The molecule has 1 N–H and O–H groups in total. The summed E-state index contributed by atoms with van der Waals surface area (Å²) in [4.78, 5) is 17.0. The van der Waals surface area contributed by atoms with Gasteiger partial charge in [0.25, 0.3) is 0 Å². The zero-order valence-corrected chi connectivity index (χ0v) is 15.4. The van der Waals surface area contributed by atoms with Gasteiger partial charge in [-0.25, -0.2) is 4.98 Å². The predicted octanol–water partition coefficient (Wildman–Crippen LogP) is 4.71. The Kier molecular flexibility index (Phi) is 5.34. The van der Waals surface area contributed by atoms with E-state index in [1.54, 1.807) is 0 Å². The highest BCUT2D eigenvalue weighted by Crippen LogP contribution is 2.25. The third-order valence-corrected chi connectivity index (χ3v) is 5.05. The number of thioether (sulfide) groups is 1. The number of Topliss-reactive ketones (excluding diaryl/α,β-unsaturated/α-hetero) is 1. The van der Waals surface area contributed by atoms with Crippen molar-refractivity contribution >= 4 is 17.5 Å². The number of carbonyl (C=O) groups is 1. The van der Waals surface area contributed by atoms with E-state index in [2.05, 4.69) is 34.2 Å². The van der Waals surface area contributed by atoms with Crippen molar-refractivity contribution in [1.29, 1.82) is 0 Å². The molecule has 128 valence electrons. The smallest absolute Gasteiger partial charge is 0.209 e. The number of rotatable bonds is 6. The SMILES string of the molecule is CCc1ccc(-c2nc(SC(C)C(=O)c3ccc(C)cc3)n[nH]2)cc1. The lowest BCUT2D eigenvalue weighted by molar-refractivity contribution is 0.0994. The van der Waals surface area contributed by atoms with E-state index in [0.717, 1.165) is 28.9 Å². The van der Waals surface area contributed by atoms with Crippen molar-refractivity contribution in [1.82, 2.24) is 15.2 Å². The number of aromatic nitrogens is 3. The summed E-state index contributed by atoms with van der Waals surface area (Å²) in [6.07, 6.45) is 1.01. The van der Waals surface area contributed by atoms with Crippen molar-refractivity contribution in [3.8, 4) is 11.4 Å². The molecular formula is C20H21N3OS. The fraction of sp³-hybridized carbons (Fsp3) is 0.250. The van der Waals surface area contributed by atoms with E-state index in [-0.39, 0.29) is 11.0 Å². The van der Waals surface area contributed by atoms with E-state index in [9.17, 15) is 4.79 Å². The van der Waals surface area contributed by atoms with Crippen LogP contribution in [0, 0.1) is 6.92 Å². The maximum atomic E-state index is 12.5. The van der Waals surface area contributed by atoms with Gasteiger partial charge in [0, 0.05) is 11.1 Å². The van der Waals surface area contributed by atoms with E-state index in [0.29, 0.717) is 5.16 Å². The molecule has 0 aliphatic heterocycles. The Bertz CT molecular complexity index is 853. The van der Waals surface area contributed by atoms with Crippen molar-refractivity contribution < 1.29 is 4.79 Å². The molecule has 25 heavy (non-hydrogen) atoms. The molecule has 5 heteroatoms. The minimum absolute atomic E-state index is 0.0867. The molecule has 0 bridgehead atoms. The maximum Gasteiger partial charge on any atom is 0.209 e. The Morgan fingerprint density at radius 2 is 1.80 bits per heavy atom. The van der Waals surface area contributed by atoms with Crippen LogP contribution in [-0.2, 0) is 6.42 Å². The van der Waals surface area contributed by atoms with Gasteiger partial charge in [-0.1, -0.05) is 72.8 Å². The Labute approximate surface area is 152 Å². The van der Waals surface area contributed by atoms with Gasteiger partial charge in [0.15, 0.2) is 11.6 Å². The lowest BCUT2D eigenvalue weighted by Gasteiger charge is -2.07. The fourth-order valence-corrected chi connectivity index (χ4v) is 3.29. The molecular weight excluding hydrogens is 330 g/mol. The number of aromatic amines is 1. The van der Waals surface area contributed by atoms with Gasteiger partial charge in [-0.3, -0.25) is 9.89 Å². The molecule has 0 saturated heterocycles. The fourth-order valence-electron chi connectivity index (χ4n) is 2.49. The lowest BCUT2D eigenvalue weighted by Crippen LogP contribution is -2.13. The van der Waals surface area contributed by atoms with Gasteiger partial charge in [-0.2, -0.15) is 0 Å². The largest absolute Gasteiger partial charge is 0.293 e. The van der Waals surface area contributed by atoms with Crippen molar-refractivity contribution in [2.75, 3.05) is 0 Å². The van der Waals surface area contributed by atoms with E-state index >= 15 is 0 Å². The minimum atomic E-state index is -0.242. The third kappa shape index (κ3) is 4.17. The highest BCUT2D eigenvalue weighted by atomic mass is 32.2. The summed E-state index contributed by atoms with van der Waals surface area (Å²) in [5.41, 5.74) is 4.14.